The minimum Gasteiger partial charge on any atom is -0.378 e. The number of hydrogen-bond acceptors (Lipinski definition) is 3. The molecule has 0 bridgehead atoms. The number of nitrogens with zero attached hydrogens (tertiary/aromatic N) is 2. The quantitative estimate of drug-likeness (QED) is 0.838. The molecule has 0 N–H and O–H groups in total. The van der Waals surface area contributed by atoms with E-state index in [0.717, 1.165) is 23.2 Å². The van der Waals surface area contributed by atoms with E-state index in [-0.39, 0.29) is 11.6 Å². The lowest BCUT2D eigenvalue weighted by molar-refractivity contribution is 0.122. The molecule has 1 saturated heterocycles. The smallest absolute Gasteiger partial charge is 0.274 e. The molecule has 1 fully saturated rings. The van der Waals surface area contributed by atoms with Gasteiger partial charge in [0.25, 0.3) is 5.56 Å². The number of rotatable bonds is 2. The van der Waals surface area contributed by atoms with E-state index in [1.54, 1.807) is 4.57 Å². The number of aromatic nitrogens is 1. The average molecular weight is 301 g/mol. The molecule has 1 aliphatic heterocycles. The molecule has 5 heteroatoms. The second-order valence-electron chi connectivity index (χ2n) is 4.45. The van der Waals surface area contributed by atoms with Crippen molar-refractivity contribution in [3.63, 3.8) is 0 Å². The number of ether oxygens (including phenoxy) is 1. The summed E-state index contributed by atoms with van der Waals surface area (Å²) in [5.41, 5.74) is 0.835. The molecule has 2 heterocycles. The third-order valence-corrected chi connectivity index (χ3v) is 3.33. The van der Waals surface area contributed by atoms with E-state index in [1.807, 2.05) is 26.1 Å². The minimum absolute atomic E-state index is 0.0742. The van der Waals surface area contributed by atoms with Crippen LogP contribution in [0.5, 0.6) is 0 Å². The van der Waals surface area contributed by atoms with Crippen molar-refractivity contribution in [3.8, 4) is 0 Å². The molecule has 0 atom stereocenters. The first-order valence-corrected chi connectivity index (χ1v) is 6.63. The Hall–Kier alpha value is -0.810. The van der Waals surface area contributed by atoms with Gasteiger partial charge in [-0.3, -0.25) is 4.79 Å². The van der Waals surface area contributed by atoms with Crippen molar-refractivity contribution in [1.82, 2.24) is 4.57 Å². The summed E-state index contributed by atoms with van der Waals surface area (Å²) >= 11 is 3.46. The van der Waals surface area contributed by atoms with Crippen LogP contribution in [0.15, 0.2) is 21.5 Å². The summed E-state index contributed by atoms with van der Waals surface area (Å²) in [6.07, 6.45) is 1.84. The highest BCUT2D eigenvalue weighted by molar-refractivity contribution is 9.10. The van der Waals surface area contributed by atoms with Crippen molar-refractivity contribution in [2.24, 2.45) is 0 Å². The van der Waals surface area contributed by atoms with Crippen LogP contribution in [-0.4, -0.2) is 30.9 Å². The molecule has 0 aromatic carbocycles. The molecular formula is C12H17BrN2O2. The lowest BCUT2D eigenvalue weighted by atomic mass is 10.3. The highest BCUT2D eigenvalue weighted by Crippen LogP contribution is 2.18. The largest absolute Gasteiger partial charge is 0.378 e. The summed E-state index contributed by atoms with van der Waals surface area (Å²) in [7, 11) is 0. The van der Waals surface area contributed by atoms with Gasteiger partial charge < -0.3 is 14.2 Å². The molecule has 1 aliphatic rings. The predicted octanol–water partition coefficient (Wildman–Crippen LogP) is 2.03. The molecule has 1 aromatic heterocycles. The van der Waals surface area contributed by atoms with Gasteiger partial charge in [-0.25, -0.2) is 0 Å². The molecule has 1 aromatic rings. The first-order chi connectivity index (χ1) is 8.09. The standard InChI is InChI=1S/C12H17BrN2O2/c1-9(2)15-8-10(13)7-11(12(15)16)14-3-5-17-6-4-14/h7-9H,3-6H2,1-2H3. The van der Waals surface area contributed by atoms with E-state index in [9.17, 15) is 4.79 Å². The maximum atomic E-state index is 12.3. The topological polar surface area (TPSA) is 34.5 Å². The van der Waals surface area contributed by atoms with Crippen molar-refractivity contribution in [3.05, 3.63) is 27.1 Å². The van der Waals surface area contributed by atoms with Crippen LogP contribution in [0.25, 0.3) is 0 Å². The van der Waals surface area contributed by atoms with Crippen LogP contribution < -0.4 is 10.5 Å². The van der Waals surface area contributed by atoms with E-state index >= 15 is 0 Å². The third kappa shape index (κ3) is 2.72. The summed E-state index contributed by atoms with van der Waals surface area (Å²) in [4.78, 5) is 14.4. The van der Waals surface area contributed by atoms with Crippen LogP contribution in [0.4, 0.5) is 5.69 Å². The lowest BCUT2D eigenvalue weighted by Gasteiger charge is -2.29. The summed E-state index contributed by atoms with van der Waals surface area (Å²) in [5.74, 6) is 0. The van der Waals surface area contributed by atoms with Crippen molar-refractivity contribution in [2.45, 2.75) is 19.9 Å². The van der Waals surface area contributed by atoms with Gasteiger partial charge >= 0.3 is 0 Å². The predicted molar refractivity (Wildman–Crippen MR) is 71.8 cm³/mol. The first kappa shape index (κ1) is 12.6. The van der Waals surface area contributed by atoms with Gasteiger partial charge in [0.2, 0.25) is 0 Å². The number of anilines is 1. The van der Waals surface area contributed by atoms with Gasteiger partial charge in [-0.05, 0) is 35.8 Å². The van der Waals surface area contributed by atoms with E-state index in [2.05, 4.69) is 20.8 Å². The zero-order valence-corrected chi connectivity index (χ0v) is 11.7. The van der Waals surface area contributed by atoms with Gasteiger partial charge in [0.1, 0.15) is 5.69 Å². The maximum absolute atomic E-state index is 12.3. The Bertz CT molecular complexity index is 450. The molecule has 94 valence electrons. The SMILES string of the molecule is CC(C)n1cc(Br)cc(N2CCOCC2)c1=O. The van der Waals surface area contributed by atoms with Gasteiger partial charge in [0, 0.05) is 29.8 Å². The highest BCUT2D eigenvalue weighted by Gasteiger charge is 2.17. The van der Waals surface area contributed by atoms with Gasteiger partial charge in [0.05, 0.1) is 13.2 Å². The summed E-state index contributed by atoms with van der Waals surface area (Å²) < 4.78 is 8.00. The second kappa shape index (κ2) is 5.23. The Kier molecular flexibility index (Phi) is 3.89. The zero-order chi connectivity index (χ0) is 12.4. The first-order valence-electron chi connectivity index (χ1n) is 5.84. The molecule has 17 heavy (non-hydrogen) atoms. The molecule has 4 nitrogen and oxygen atoms in total. The van der Waals surface area contributed by atoms with E-state index in [0.29, 0.717) is 13.2 Å². The monoisotopic (exact) mass is 300 g/mol. The van der Waals surface area contributed by atoms with E-state index in [1.165, 1.54) is 0 Å². The third-order valence-electron chi connectivity index (χ3n) is 2.90. The Morgan fingerprint density at radius 1 is 1.35 bits per heavy atom. The fourth-order valence-corrected chi connectivity index (χ4v) is 2.41. The van der Waals surface area contributed by atoms with Crippen molar-refractivity contribution < 1.29 is 4.74 Å². The molecule has 0 spiro atoms. The Morgan fingerprint density at radius 3 is 2.59 bits per heavy atom. The van der Waals surface area contributed by atoms with Crippen molar-refractivity contribution in [2.75, 3.05) is 31.2 Å². The summed E-state index contributed by atoms with van der Waals surface area (Å²) in [5, 5.41) is 0. The fraction of sp³-hybridized carbons (Fsp3) is 0.583. The van der Waals surface area contributed by atoms with Gasteiger partial charge in [-0.15, -0.1) is 0 Å². The normalized spacial score (nSPS) is 16.6. The Morgan fingerprint density at radius 2 is 2.00 bits per heavy atom. The number of morpholine rings is 1. The Labute approximate surface area is 109 Å². The number of halogens is 1. The molecule has 0 unspecified atom stereocenters. The van der Waals surface area contributed by atoms with Crippen molar-refractivity contribution >= 4 is 21.6 Å². The number of pyridine rings is 1. The van der Waals surface area contributed by atoms with Gasteiger partial charge in [-0.2, -0.15) is 0 Å². The molecule has 0 saturated carbocycles. The molecule has 0 radical (unpaired) electrons. The van der Waals surface area contributed by atoms with Crippen LogP contribution in [0, 0.1) is 0 Å². The van der Waals surface area contributed by atoms with Crippen molar-refractivity contribution in [1.29, 1.82) is 0 Å². The Balaban J connectivity index is 2.42. The second-order valence-corrected chi connectivity index (χ2v) is 5.36. The molecule has 2 rings (SSSR count). The van der Waals surface area contributed by atoms with Crippen LogP contribution in [0.3, 0.4) is 0 Å². The highest BCUT2D eigenvalue weighted by atomic mass is 79.9. The van der Waals surface area contributed by atoms with Crippen LogP contribution >= 0.6 is 15.9 Å². The maximum Gasteiger partial charge on any atom is 0.274 e. The summed E-state index contributed by atoms with van der Waals surface area (Å²) in [6.45, 7) is 6.96. The molecule has 0 aliphatic carbocycles. The zero-order valence-electron chi connectivity index (χ0n) is 10.1. The molecule has 0 amide bonds. The van der Waals surface area contributed by atoms with E-state index < -0.39 is 0 Å². The fourth-order valence-electron chi connectivity index (χ4n) is 1.97. The average Bonchev–Trinajstić information content (AvgIpc) is 2.32. The van der Waals surface area contributed by atoms with Crippen LogP contribution in [0.1, 0.15) is 19.9 Å². The number of hydrogen-bond donors (Lipinski definition) is 0. The van der Waals surface area contributed by atoms with Gasteiger partial charge in [-0.1, -0.05) is 0 Å². The minimum atomic E-state index is 0.0742. The summed E-state index contributed by atoms with van der Waals surface area (Å²) in [6, 6.07) is 2.06. The lowest BCUT2D eigenvalue weighted by Crippen LogP contribution is -2.40. The van der Waals surface area contributed by atoms with Gasteiger partial charge in [0.15, 0.2) is 0 Å². The van der Waals surface area contributed by atoms with E-state index in [4.69, 9.17) is 4.74 Å². The van der Waals surface area contributed by atoms with Crippen LogP contribution in [0.2, 0.25) is 0 Å². The molecular weight excluding hydrogens is 284 g/mol. The van der Waals surface area contributed by atoms with Crippen LogP contribution in [-0.2, 0) is 4.74 Å².